The van der Waals surface area contributed by atoms with Crippen LogP contribution in [0.3, 0.4) is 0 Å². The Labute approximate surface area is 201 Å². The molecule has 2 bridgehead atoms. The molecule has 4 rings (SSSR count). The van der Waals surface area contributed by atoms with Crippen molar-refractivity contribution in [2.45, 2.75) is 32.6 Å². The third-order valence-corrected chi connectivity index (χ3v) is 7.82. The molecule has 1 aromatic carbocycles. The molecule has 4 atom stereocenters. The summed E-state index contributed by atoms with van der Waals surface area (Å²) in [4.78, 5) is 41.9. The van der Waals surface area contributed by atoms with E-state index >= 15 is 0 Å². The van der Waals surface area contributed by atoms with Gasteiger partial charge < -0.3 is 19.1 Å². The number of piperidine rings is 1. The zero-order chi connectivity index (χ0) is 24.3. The van der Waals surface area contributed by atoms with Crippen molar-refractivity contribution in [1.29, 1.82) is 0 Å². The van der Waals surface area contributed by atoms with Gasteiger partial charge in [-0.25, -0.2) is 9.69 Å². The minimum atomic E-state index is -0.502. The Kier molecular flexibility index (Phi) is 7.70. The fourth-order valence-corrected chi connectivity index (χ4v) is 6.13. The molecule has 2 saturated heterocycles. The summed E-state index contributed by atoms with van der Waals surface area (Å²) in [5, 5.41) is 0. The lowest BCUT2D eigenvalue weighted by molar-refractivity contribution is -0.122. The molecule has 1 aliphatic carbocycles. The second kappa shape index (κ2) is 10.5. The van der Waals surface area contributed by atoms with Crippen LogP contribution >= 0.6 is 0 Å². The highest BCUT2D eigenvalue weighted by atomic mass is 16.5. The number of para-hydroxylation sites is 1. The Hall–Kier alpha value is -2.29. The van der Waals surface area contributed by atoms with Crippen LogP contribution in [0.15, 0.2) is 24.3 Å². The van der Waals surface area contributed by atoms with Gasteiger partial charge >= 0.3 is 5.97 Å². The summed E-state index contributed by atoms with van der Waals surface area (Å²) < 4.78 is 16.9. The van der Waals surface area contributed by atoms with E-state index in [-0.39, 0.29) is 41.7 Å². The number of carbonyl (C=O) groups excluding carboxylic acids is 3. The van der Waals surface area contributed by atoms with Gasteiger partial charge in [-0.1, -0.05) is 25.5 Å². The number of amides is 2. The van der Waals surface area contributed by atoms with Gasteiger partial charge in [0.05, 0.1) is 31.1 Å². The highest BCUT2D eigenvalue weighted by molar-refractivity contribution is 6.22. The van der Waals surface area contributed by atoms with Crippen LogP contribution in [0, 0.1) is 23.2 Å². The van der Waals surface area contributed by atoms with Crippen molar-refractivity contribution in [3.8, 4) is 0 Å². The third-order valence-electron chi connectivity index (χ3n) is 7.82. The van der Waals surface area contributed by atoms with Crippen molar-refractivity contribution in [2.24, 2.45) is 23.2 Å². The fraction of sp³-hybridized carbons (Fsp3) is 0.654. The van der Waals surface area contributed by atoms with Gasteiger partial charge in [0, 0.05) is 51.6 Å². The van der Waals surface area contributed by atoms with Gasteiger partial charge in [-0.2, -0.15) is 0 Å². The van der Waals surface area contributed by atoms with Crippen molar-refractivity contribution in [3.05, 3.63) is 29.8 Å². The predicted molar refractivity (Wildman–Crippen MR) is 126 cm³/mol. The molecule has 1 saturated carbocycles. The Morgan fingerprint density at radius 2 is 1.97 bits per heavy atom. The predicted octanol–water partition coefficient (Wildman–Crippen LogP) is 2.75. The van der Waals surface area contributed by atoms with E-state index in [9.17, 15) is 14.4 Å². The number of imide groups is 1. The average Bonchev–Trinajstić information content (AvgIpc) is 3.07. The number of nitrogens with zero attached hydrogens (tertiary/aromatic N) is 2. The molecular formula is C26H36N2O6. The minimum Gasteiger partial charge on any atom is -0.461 e. The summed E-state index contributed by atoms with van der Waals surface area (Å²) in [6.07, 6.45) is 3.37. The van der Waals surface area contributed by atoms with Crippen LogP contribution in [-0.2, 0) is 23.8 Å². The first-order chi connectivity index (χ1) is 16.4. The maximum atomic E-state index is 13.3. The molecule has 2 unspecified atom stereocenters. The lowest BCUT2D eigenvalue weighted by Gasteiger charge is -2.55. The van der Waals surface area contributed by atoms with Crippen molar-refractivity contribution in [3.63, 3.8) is 0 Å². The molecule has 186 valence electrons. The fourth-order valence-electron chi connectivity index (χ4n) is 6.13. The molecule has 1 aromatic rings. The van der Waals surface area contributed by atoms with E-state index < -0.39 is 5.97 Å². The van der Waals surface area contributed by atoms with Gasteiger partial charge in [-0.3, -0.25) is 9.59 Å². The molecule has 3 fully saturated rings. The lowest BCUT2D eigenvalue weighted by Crippen LogP contribution is -2.59. The number of esters is 1. The Balaban J connectivity index is 1.54. The van der Waals surface area contributed by atoms with Gasteiger partial charge in [0.2, 0.25) is 11.8 Å². The van der Waals surface area contributed by atoms with Crippen LogP contribution in [0.25, 0.3) is 0 Å². The van der Waals surface area contributed by atoms with E-state index in [1.54, 1.807) is 45.4 Å². The molecular weight excluding hydrogens is 436 g/mol. The van der Waals surface area contributed by atoms with Crippen molar-refractivity contribution in [2.75, 3.05) is 58.6 Å². The quantitative estimate of drug-likeness (QED) is 0.404. The maximum absolute atomic E-state index is 13.3. The SMILES string of the molecule is COCCN1C[C@H]2CCC[C@@](COC(=O)c3ccccc3N3C(=O)CC(C)C3=O)(C1)C2COC. The first-order valence-corrected chi connectivity index (χ1v) is 12.2. The lowest BCUT2D eigenvalue weighted by atomic mass is 9.59. The highest BCUT2D eigenvalue weighted by Gasteiger charge is 2.51. The standard InChI is InChI=1S/C26H36N2O6/c1-18-13-23(29)28(24(18)30)22-9-5-4-8-20(22)25(31)34-17-26-10-6-7-19(21(26)15-33-3)14-27(16-26)11-12-32-2/h4-5,8-9,18-19,21H,6-7,10-17H2,1-3H3/t18?,19-,21?,26+/m1/s1. The van der Waals surface area contributed by atoms with Crippen LogP contribution < -0.4 is 4.90 Å². The van der Waals surface area contributed by atoms with E-state index in [1.165, 1.54) is 0 Å². The molecule has 0 N–H and O–H groups in total. The third kappa shape index (κ3) is 4.76. The number of hydrogen-bond donors (Lipinski definition) is 0. The second-order valence-electron chi connectivity index (χ2n) is 10.1. The van der Waals surface area contributed by atoms with Gasteiger partial charge in [0.25, 0.3) is 0 Å². The van der Waals surface area contributed by atoms with Crippen LogP contribution in [0.2, 0.25) is 0 Å². The number of anilines is 1. The summed E-state index contributed by atoms with van der Waals surface area (Å²) in [5.41, 5.74) is 0.366. The van der Waals surface area contributed by atoms with Gasteiger partial charge in [0.15, 0.2) is 0 Å². The van der Waals surface area contributed by atoms with E-state index in [0.29, 0.717) is 30.7 Å². The van der Waals surface area contributed by atoms with Crippen LogP contribution in [0.1, 0.15) is 43.0 Å². The van der Waals surface area contributed by atoms with Gasteiger partial charge in [-0.05, 0) is 36.8 Å². The molecule has 0 radical (unpaired) electrons. The van der Waals surface area contributed by atoms with Gasteiger partial charge in [-0.15, -0.1) is 0 Å². The Bertz CT molecular complexity index is 920. The smallest absolute Gasteiger partial charge is 0.340 e. The molecule has 8 heteroatoms. The number of rotatable bonds is 9. The summed E-state index contributed by atoms with van der Waals surface area (Å²) in [7, 11) is 3.44. The number of hydrogen-bond acceptors (Lipinski definition) is 7. The maximum Gasteiger partial charge on any atom is 0.340 e. The Morgan fingerprint density at radius 1 is 1.18 bits per heavy atom. The number of carbonyl (C=O) groups is 3. The number of benzene rings is 1. The largest absolute Gasteiger partial charge is 0.461 e. The van der Waals surface area contributed by atoms with Crippen molar-refractivity contribution in [1.82, 2.24) is 4.90 Å². The van der Waals surface area contributed by atoms with Crippen LogP contribution in [0.4, 0.5) is 5.69 Å². The van der Waals surface area contributed by atoms with Crippen molar-refractivity contribution >= 4 is 23.5 Å². The van der Waals surface area contributed by atoms with E-state index in [0.717, 1.165) is 43.8 Å². The highest BCUT2D eigenvalue weighted by Crippen LogP contribution is 2.49. The summed E-state index contributed by atoms with van der Waals surface area (Å²) >= 11 is 0. The van der Waals surface area contributed by atoms with Crippen LogP contribution in [0.5, 0.6) is 0 Å². The van der Waals surface area contributed by atoms with Crippen LogP contribution in [-0.4, -0.2) is 76.4 Å². The molecule has 2 amide bonds. The Morgan fingerprint density at radius 3 is 2.68 bits per heavy atom. The molecule has 0 aromatic heterocycles. The molecule has 2 aliphatic heterocycles. The summed E-state index contributed by atoms with van der Waals surface area (Å²) in [6.45, 7) is 6.01. The summed E-state index contributed by atoms with van der Waals surface area (Å²) in [6, 6.07) is 6.72. The topological polar surface area (TPSA) is 85.4 Å². The first-order valence-electron chi connectivity index (χ1n) is 12.2. The molecule has 34 heavy (non-hydrogen) atoms. The van der Waals surface area contributed by atoms with E-state index in [2.05, 4.69) is 4.90 Å². The average molecular weight is 473 g/mol. The van der Waals surface area contributed by atoms with E-state index in [4.69, 9.17) is 14.2 Å². The monoisotopic (exact) mass is 472 g/mol. The second-order valence-corrected chi connectivity index (χ2v) is 10.1. The van der Waals surface area contributed by atoms with Crippen molar-refractivity contribution < 1.29 is 28.6 Å². The summed E-state index contributed by atoms with van der Waals surface area (Å²) in [5.74, 6) is -0.641. The zero-order valence-electron chi connectivity index (χ0n) is 20.5. The molecule has 2 heterocycles. The minimum absolute atomic E-state index is 0.155. The number of methoxy groups -OCH3 is 2. The van der Waals surface area contributed by atoms with E-state index in [1.807, 2.05) is 0 Å². The molecule has 3 aliphatic rings. The molecule has 0 spiro atoms. The first kappa shape index (κ1) is 24.8. The number of fused-ring (bicyclic) bond motifs is 2. The number of ether oxygens (including phenoxy) is 3. The zero-order valence-corrected chi connectivity index (χ0v) is 20.5. The normalized spacial score (nSPS) is 29.5. The molecule has 8 nitrogen and oxygen atoms in total. The number of likely N-dealkylation sites (tertiary alicyclic amines) is 1. The van der Waals surface area contributed by atoms with Gasteiger partial charge in [0.1, 0.15) is 0 Å².